The molecule has 0 aliphatic rings. The van der Waals surface area contributed by atoms with E-state index in [0.29, 0.717) is 15.2 Å². The predicted molar refractivity (Wildman–Crippen MR) is 81.0 cm³/mol. The Morgan fingerprint density at radius 3 is 2.29 bits per heavy atom. The number of rotatable bonds is 4. The van der Waals surface area contributed by atoms with Crippen LogP contribution in [0.3, 0.4) is 0 Å². The molecule has 0 aliphatic heterocycles. The van der Waals surface area contributed by atoms with E-state index in [-0.39, 0.29) is 6.04 Å². The van der Waals surface area contributed by atoms with Gasteiger partial charge in [-0.1, -0.05) is 35.3 Å². The zero-order chi connectivity index (χ0) is 15.6. The van der Waals surface area contributed by atoms with Crippen molar-refractivity contribution in [3.63, 3.8) is 0 Å². The van der Waals surface area contributed by atoms with E-state index in [0.717, 1.165) is 23.3 Å². The van der Waals surface area contributed by atoms with Gasteiger partial charge in [-0.3, -0.25) is 0 Å². The number of nitrogens with one attached hydrogen (secondary N) is 1. The molecule has 1 aromatic carbocycles. The average Bonchev–Trinajstić information content (AvgIpc) is 2.74. The number of hydrogen-bond donors (Lipinski definition) is 1. The van der Waals surface area contributed by atoms with Crippen LogP contribution in [-0.2, 0) is 12.7 Å². The third-order valence-corrected chi connectivity index (χ3v) is 4.56. The highest BCUT2D eigenvalue weighted by Crippen LogP contribution is 2.35. The van der Waals surface area contributed by atoms with Gasteiger partial charge in [-0.15, -0.1) is 11.3 Å². The molecular formula is C14H12Cl2F3NS. The molecule has 1 aromatic heterocycles. The molecular weight excluding hydrogens is 342 g/mol. The highest BCUT2D eigenvalue weighted by Gasteiger charge is 2.29. The van der Waals surface area contributed by atoms with Gasteiger partial charge < -0.3 is 5.32 Å². The van der Waals surface area contributed by atoms with Crippen LogP contribution in [0.15, 0.2) is 30.3 Å². The van der Waals surface area contributed by atoms with Crippen LogP contribution < -0.4 is 5.32 Å². The van der Waals surface area contributed by atoms with Gasteiger partial charge in [0.25, 0.3) is 0 Å². The standard InChI is InChI=1S/C14H12Cl2F3NS/c1-8(11-6-12(15)21-13(11)16)20-7-9-2-4-10(5-3-9)14(17,18)19/h2-6,8,20H,7H2,1H3. The number of hydrogen-bond acceptors (Lipinski definition) is 2. The lowest BCUT2D eigenvalue weighted by atomic mass is 10.1. The van der Waals surface area contributed by atoms with Crippen LogP contribution in [0.2, 0.25) is 8.67 Å². The summed E-state index contributed by atoms with van der Waals surface area (Å²) in [4.78, 5) is 0. The highest BCUT2D eigenvalue weighted by atomic mass is 35.5. The summed E-state index contributed by atoms with van der Waals surface area (Å²) in [6.07, 6.45) is -4.31. The molecule has 0 bridgehead atoms. The topological polar surface area (TPSA) is 12.0 Å². The molecule has 1 heterocycles. The second-order valence-corrected chi connectivity index (χ2v) is 6.86. The molecule has 0 radical (unpaired) electrons. The SMILES string of the molecule is CC(NCc1ccc(C(F)(F)F)cc1)c1cc(Cl)sc1Cl. The van der Waals surface area contributed by atoms with Crippen molar-refractivity contribution in [3.05, 3.63) is 55.7 Å². The van der Waals surface area contributed by atoms with Crippen LogP contribution in [0, 0.1) is 0 Å². The zero-order valence-electron chi connectivity index (χ0n) is 11.0. The number of thiophene rings is 1. The second kappa shape index (κ2) is 6.57. The van der Waals surface area contributed by atoms with Gasteiger partial charge >= 0.3 is 6.18 Å². The fourth-order valence-electron chi connectivity index (χ4n) is 1.84. The summed E-state index contributed by atoms with van der Waals surface area (Å²) >= 11 is 13.2. The van der Waals surface area contributed by atoms with Gasteiger partial charge in [0, 0.05) is 12.6 Å². The van der Waals surface area contributed by atoms with Crippen LogP contribution >= 0.6 is 34.5 Å². The Morgan fingerprint density at radius 2 is 1.81 bits per heavy atom. The van der Waals surface area contributed by atoms with Gasteiger partial charge in [-0.05, 0) is 36.2 Å². The molecule has 0 saturated carbocycles. The second-order valence-electron chi connectivity index (χ2n) is 4.58. The molecule has 2 aromatic rings. The molecule has 0 saturated heterocycles. The van der Waals surface area contributed by atoms with E-state index in [2.05, 4.69) is 5.32 Å². The summed E-state index contributed by atoms with van der Waals surface area (Å²) in [5, 5.41) is 3.21. The first-order valence-corrected chi connectivity index (χ1v) is 7.69. The normalized spacial score (nSPS) is 13.4. The van der Waals surface area contributed by atoms with E-state index < -0.39 is 11.7 Å². The average molecular weight is 354 g/mol. The van der Waals surface area contributed by atoms with Crippen LogP contribution in [0.25, 0.3) is 0 Å². The van der Waals surface area contributed by atoms with E-state index in [1.165, 1.54) is 23.5 Å². The van der Waals surface area contributed by atoms with E-state index in [1.807, 2.05) is 6.92 Å². The lowest BCUT2D eigenvalue weighted by Crippen LogP contribution is -2.18. The van der Waals surface area contributed by atoms with Gasteiger partial charge in [0.2, 0.25) is 0 Å². The summed E-state index contributed by atoms with van der Waals surface area (Å²) in [7, 11) is 0. The Bertz CT molecular complexity index is 608. The van der Waals surface area contributed by atoms with Gasteiger partial charge in [0.1, 0.15) is 0 Å². The fraction of sp³-hybridized carbons (Fsp3) is 0.286. The molecule has 1 unspecified atom stereocenters. The molecule has 1 atom stereocenters. The Balaban J connectivity index is 1.98. The first-order valence-electron chi connectivity index (χ1n) is 6.11. The molecule has 0 amide bonds. The van der Waals surface area contributed by atoms with Crippen LogP contribution in [0.5, 0.6) is 0 Å². The number of halogens is 5. The first kappa shape index (κ1) is 16.6. The van der Waals surface area contributed by atoms with Crippen molar-refractivity contribution < 1.29 is 13.2 Å². The Hall–Kier alpha value is -0.750. The van der Waals surface area contributed by atoms with Gasteiger partial charge in [0.15, 0.2) is 0 Å². The highest BCUT2D eigenvalue weighted by molar-refractivity contribution is 7.20. The molecule has 21 heavy (non-hydrogen) atoms. The summed E-state index contributed by atoms with van der Waals surface area (Å²) in [5.74, 6) is 0. The Morgan fingerprint density at radius 1 is 1.19 bits per heavy atom. The van der Waals surface area contributed by atoms with E-state index in [9.17, 15) is 13.2 Å². The zero-order valence-corrected chi connectivity index (χ0v) is 13.3. The summed E-state index contributed by atoms with van der Waals surface area (Å²) < 4.78 is 38.6. The van der Waals surface area contributed by atoms with Gasteiger partial charge in [-0.25, -0.2) is 0 Å². The summed E-state index contributed by atoms with van der Waals surface area (Å²) in [6, 6.07) is 6.84. The van der Waals surface area contributed by atoms with Crippen molar-refractivity contribution in [1.29, 1.82) is 0 Å². The van der Waals surface area contributed by atoms with E-state index >= 15 is 0 Å². The maximum atomic E-state index is 12.5. The van der Waals surface area contributed by atoms with Crippen LogP contribution in [-0.4, -0.2) is 0 Å². The minimum Gasteiger partial charge on any atom is -0.306 e. The summed E-state index contributed by atoms with van der Waals surface area (Å²) in [6.45, 7) is 2.37. The minimum atomic E-state index is -4.31. The lowest BCUT2D eigenvalue weighted by molar-refractivity contribution is -0.137. The molecule has 1 nitrogen and oxygen atoms in total. The fourth-order valence-corrected chi connectivity index (χ4v) is 3.49. The Labute approximate surface area is 134 Å². The number of alkyl halides is 3. The molecule has 114 valence electrons. The largest absolute Gasteiger partial charge is 0.416 e. The van der Waals surface area contributed by atoms with Crippen molar-refractivity contribution in [1.82, 2.24) is 5.32 Å². The molecule has 0 fully saturated rings. The van der Waals surface area contributed by atoms with Crippen molar-refractivity contribution in [3.8, 4) is 0 Å². The third kappa shape index (κ3) is 4.36. The maximum Gasteiger partial charge on any atom is 0.416 e. The summed E-state index contributed by atoms with van der Waals surface area (Å²) in [5.41, 5.74) is 1.01. The van der Waals surface area contributed by atoms with E-state index in [4.69, 9.17) is 23.2 Å². The monoisotopic (exact) mass is 353 g/mol. The first-order chi connectivity index (χ1) is 9.77. The van der Waals surface area contributed by atoms with Crippen molar-refractivity contribution >= 4 is 34.5 Å². The lowest BCUT2D eigenvalue weighted by Gasteiger charge is -2.14. The van der Waals surface area contributed by atoms with Crippen molar-refractivity contribution in [2.24, 2.45) is 0 Å². The molecule has 1 N–H and O–H groups in total. The van der Waals surface area contributed by atoms with Crippen LogP contribution in [0.4, 0.5) is 13.2 Å². The van der Waals surface area contributed by atoms with E-state index in [1.54, 1.807) is 6.07 Å². The van der Waals surface area contributed by atoms with Crippen LogP contribution in [0.1, 0.15) is 29.7 Å². The maximum absolute atomic E-state index is 12.5. The number of benzene rings is 1. The van der Waals surface area contributed by atoms with Gasteiger partial charge in [0.05, 0.1) is 14.2 Å². The predicted octanol–water partition coefficient (Wildman–Crippen LogP) is 5.92. The smallest absolute Gasteiger partial charge is 0.306 e. The molecule has 0 aliphatic carbocycles. The quantitative estimate of drug-likeness (QED) is 0.718. The molecule has 2 rings (SSSR count). The minimum absolute atomic E-state index is 0.0384. The third-order valence-electron chi connectivity index (χ3n) is 3.04. The van der Waals surface area contributed by atoms with Crippen molar-refractivity contribution in [2.45, 2.75) is 25.7 Å². The Kier molecular flexibility index (Phi) is 5.20. The van der Waals surface area contributed by atoms with Crippen molar-refractivity contribution in [2.75, 3.05) is 0 Å². The van der Waals surface area contributed by atoms with Gasteiger partial charge in [-0.2, -0.15) is 13.2 Å². The molecule has 0 spiro atoms. The molecule has 7 heteroatoms.